The summed E-state index contributed by atoms with van der Waals surface area (Å²) in [5, 5.41) is 0. The van der Waals surface area contributed by atoms with Crippen LogP contribution >= 0.6 is 0 Å². The molecule has 76 valence electrons. The Kier molecular flexibility index (Phi) is 2.68. The van der Waals surface area contributed by atoms with Gasteiger partial charge in [0.25, 0.3) is 0 Å². The normalized spacial score (nSPS) is 22.4. The molecule has 0 spiro atoms. The van der Waals surface area contributed by atoms with E-state index in [1.165, 1.54) is 12.0 Å². The fourth-order valence-corrected chi connectivity index (χ4v) is 1.91. The molecule has 0 radical (unpaired) electrons. The predicted octanol–water partition coefficient (Wildman–Crippen LogP) is 1.32. The summed E-state index contributed by atoms with van der Waals surface area (Å²) in [7, 11) is 0. The predicted molar refractivity (Wildman–Crippen MR) is 58.4 cm³/mol. The largest absolute Gasteiger partial charge is 0.355 e. The van der Waals surface area contributed by atoms with Crippen LogP contribution in [0.2, 0.25) is 0 Å². The number of nitrogens with zero attached hydrogens (tertiary/aromatic N) is 2. The zero-order valence-electron chi connectivity index (χ0n) is 8.61. The summed E-state index contributed by atoms with van der Waals surface area (Å²) in [4.78, 5) is 6.65. The fraction of sp³-hybridized carbons (Fsp3) is 0.545. The lowest BCUT2D eigenvalue weighted by molar-refractivity contribution is 0.503. The van der Waals surface area contributed by atoms with Gasteiger partial charge in [-0.3, -0.25) is 0 Å². The Bertz CT molecular complexity index is 311. The highest BCUT2D eigenvalue weighted by Crippen LogP contribution is 2.17. The zero-order chi connectivity index (χ0) is 9.97. The Balaban J connectivity index is 2.14. The molecule has 0 aliphatic carbocycles. The Morgan fingerprint density at radius 1 is 1.57 bits per heavy atom. The minimum Gasteiger partial charge on any atom is -0.355 e. The number of aromatic nitrogens is 1. The summed E-state index contributed by atoms with van der Waals surface area (Å²) < 4.78 is 0. The Hall–Kier alpha value is -1.09. The second kappa shape index (κ2) is 3.96. The standard InChI is InChI=1S/C11H17N3/c1-9-4-5-13-11(7-9)14-6-2-3-10(12)8-14/h4-5,7,10H,2-3,6,8,12H2,1H3/t10-/m0/s1. The molecule has 14 heavy (non-hydrogen) atoms. The molecule has 1 aromatic heterocycles. The number of hydrogen-bond acceptors (Lipinski definition) is 3. The minimum atomic E-state index is 0.311. The molecule has 0 saturated carbocycles. The maximum Gasteiger partial charge on any atom is 0.128 e. The van der Waals surface area contributed by atoms with Crippen molar-refractivity contribution in [3.63, 3.8) is 0 Å². The molecule has 0 amide bonds. The Morgan fingerprint density at radius 3 is 3.14 bits per heavy atom. The summed E-state index contributed by atoms with van der Waals surface area (Å²) in [6.07, 6.45) is 4.18. The highest BCUT2D eigenvalue weighted by atomic mass is 15.2. The van der Waals surface area contributed by atoms with Crippen LogP contribution in [0, 0.1) is 6.92 Å². The smallest absolute Gasteiger partial charge is 0.128 e. The lowest BCUT2D eigenvalue weighted by Gasteiger charge is -2.31. The van der Waals surface area contributed by atoms with Gasteiger partial charge in [0.15, 0.2) is 0 Å². The summed E-state index contributed by atoms with van der Waals surface area (Å²) in [5.41, 5.74) is 7.19. The minimum absolute atomic E-state index is 0.311. The molecule has 0 aromatic carbocycles. The van der Waals surface area contributed by atoms with Crippen molar-refractivity contribution in [3.8, 4) is 0 Å². The van der Waals surface area contributed by atoms with Crippen LogP contribution in [0.4, 0.5) is 5.82 Å². The lowest BCUT2D eigenvalue weighted by atomic mass is 10.1. The maximum absolute atomic E-state index is 5.93. The molecule has 0 bridgehead atoms. The van der Waals surface area contributed by atoms with E-state index in [1.54, 1.807) is 0 Å². The molecule has 3 nitrogen and oxygen atoms in total. The first-order valence-corrected chi connectivity index (χ1v) is 5.19. The van der Waals surface area contributed by atoms with Gasteiger partial charge in [-0.25, -0.2) is 4.98 Å². The molecule has 3 heteroatoms. The van der Waals surface area contributed by atoms with Crippen molar-refractivity contribution >= 4 is 5.82 Å². The average molecular weight is 191 g/mol. The maximum atomic E-state index is 5.93. The quantitative estimate of drug-likeness (QED) is 0.728. The second-order valence-electron chi connectivity index (χ2n) is 4.04. The lowest BCUT2D eigenvalue weighted by Crippen LogP contribution is -2.43. The van der Waals surface area contributed by atoms with Crippen LogP contribution in [0.15, 0.2) is 18.3 Å². The van der Waals surface area contributed by atoms with E-state index in [1.807, 2.05) is 12.3 Å². The van der Waals surface area contributed by atoms with E-state index in [0.717, 1.165) is 25.3 Å². The van der Waals surface area contributed by atoms with Gasteiger partial charge in [-0.05, 0) is 37.5 Å². The highest BCUT2D eigenvalue weighted by Gasteiger charge is 2.17. The average Bonchev–Trinajstić information content (AvgIpc) is 2.18. The van der Waals surface area contributed by atoms with E-state index in [4.69, 9.17) is 5.73 Å². The molecule has 1 atom stereocenters. The van der Waals surface area contributed by atoms with Gasteiger partial charge in [-0.2, -0.15) is 0 Å². The van der Waals surface area contributed by atoms with E-state index in [0.29, 0.717) is 6.04 Å². The van der Waals surface area contributed by atoms with Crippen LogP contribution in [0.1, 0.15) is 18.4 Å². The van der Waals surface area contributed by atoms with Crippen LogP contribution in [0.3, 0.4) is 0 Å². The van der Waals surface area contributed by atoms with Crippen molar-refractivity contribution in [2.45, 2.75) is 25.8 Å². The van der Waals surface area contributed by atoms with Crippen LogP contribution < -0.4 is 10.6 Å². The van der Waals surface area contributed by atoms with Gasteiger partial charge in [-0.1, -0.05) is 0 Å². The monoisotopic (exact) mass is 191 g/mol. The van der Waals surface area contributed by atoms with Crippen molar-refractivity contribution in [2.75, 3.05) is 18.0 Å². The van der Waals surface area contributed by atoms with Crippen molar-refractivity contribution in [2.24, 2.45) is 5.73 Å². The first-order valence-electron chi connectivity index (χ1n) is 5.19. The number of anilines is 1. The van der Waals surface area contributed by atoms with E-state index in [-0.39, 0.29) is 0 Å². The third-order valence-corrected chi connectivity index (χ3v) is 2.68. The van der Waals surface area contributed by atoms with Gasteiger partial charge in [-0.15, -0.1) is 0 Å². The summed E-state index contributed by atoms with van der Waals surface area (Å²) in [5.74, 6) is 1.07. The highest BCUT2D eigenvalue weighted by molar-refractivity contribution is 5.41. The van der Waals surface area contributed by atoms with Crippen LogP contribution in [-0.4, -0.2) is 24.1 Å². The molecule has 1 saturated heterocycles. The second-order valence-corrected chi connectivity index (χ2v) is 4.04. The number of nitrogens with two attached hydrogens (primary N) is 1. The number of pyridine rings is 1. The van der Waals surface area contributed by atoms with Gasteiger partial charge in [0, 0.05) is 25.3 Å². The number of hydrogen-bond donors (Lipinski definition) is 1. The molecular formula is C11H17N3. The van der Waals surface area contributed by atoms with E-state index in [2.05, 4.69) is 22.9 Å². The summed E-state index contributed by atoms with van der Waals surface area (Å²) >= 11 is 0. The van der Waals surface area contributed by atoms with Crippen molar-refractivity contribution < 1.29 is 0 Å². The molecule has 1 aliphatic rings. The van der Waals surface area contributed by atoms with Crippen LogP contribution in [0.25, 0.3) is 0 Å². The van der Waals surface area contributed by atoms with E-state index >= 15 is 0 Å². The third-order valence-electron chi connectivity index (χ3n) is 2.68. The topological polar surface area (TPSA) is 42.2 Å². The molecule has 2 N–H and O–H groups in total. The van der Waals surface area contributed by atoms with Crippen molar-refractivity contribution in [1.29, 1.82) is 0 Å². The number of rotatable bonds is 1. The third kappa shape index (κ3) is 2.04. The number of piperidine rings is 1. The van der Waals surface area contributed by atoms with Crippen LogP contribution in [-0.2, 0) is 0 Å². The molecular weight excluding hydrogens is 174 g/mol. The number of aryl methyl sites for hydroxylation is 1. The first kappa shape index (κ1) is 9.46. The fourth-order valence-electron chi connectivity index (χ4n) is 1.91. The molecule has 1 aliphatic heterocycles. The van der Waals surface area contributed by atoms with Crippen molar-refractivity contribution in [3.05, 3.63) is 23.9 Å². The van der Waals surface area contributed by atoms with Gasteiger partial charge >= 0.3 is 0 Å². The van der Waals surface area contributed by atoms with Crippen molar-refractivity contribution in [1.82, 2.24) is 4.98 Å². The Labute approximate surface area is 84.9 Å². The Morgan fingerprint density at radius 2 is 2.43 bits per heavy atom. The van der Waals surface area contributed by atoms with Crippen LogP contribution in [0.5, 0.6) is 0 Å². The van der Waals surface area contributed by atoms with Gasteiger partial charge in [0.05, 0.1) is 0 Å². The molecule has 1 aromatic rings. The van der Waals surface area contributed by atoms with Gasteiger partial charge in [0.2, 0.25) is 0 Å². The van der Waals surface area contributed by atoms with Gasteiger partial charge < -0.3 is 10.6 Å². The SMILES string of the molecule is Cc1ccnc(N2CCC[C@H](N)C2)c1. The molecule has 0 unspecified atom stereocenters. The molecule has 1 fully saturated rings. The zero-order valence-corrected chi connectivity index (χ0v) is 8.61. The van der Waals surface area contributed by atoms with Gasteiger partial charge in [0.1, 0.15) is 5.82 Å². The van der Waals surface area contributed by atoms with E-state index in [9.17, 15) is 0 Å². The molecule has 2 rings (SSSR count). The summed E-state index contributed by atoms with van der Waals surface area (Å²) in [6.45, 7) is 4.12. The summed E-state index contributed by atoms with van der Waals surface area (Å²) in [6, 6.07) is 4.46. The van der Waals surface area contributed by atoms with E-state index < -0.39 is 0 Å². The first-order chi connectivity index (χ1) is 6.75. The molecule has 2 heterocycles.